The Bertz CT molecular complexity index is 1160. The van der Waals surface area contributed by atoms with Gasteiger partial charge in [-0.15, -0.1) is 6.58 Å². The molecular weight excluding hydrogens is 397 g/mol. The number of hydrogen-bond acceptors (Lipinski definition) is 5. The third-order valence-corrected chi connectivity index (χ3v) is 5.34. The number of carbonyl (C=O) groups excluding carboxylic acids is 1. The van der Waals surface area contributed by atoms with Gasteiger partial charge in [0.15, 0.2) is 5.82 Å². The highest BCUT2D eigenvalue weighted by molar-refractivity contribution is 7.89. The highest BCUT2D eigenvalue weighted by atomic mass is 32.2. The number of anilines is 1. The van der Waals surface area contributed by atoms with Crippen LogP contribution in [0.5, 0.6) is 0 Å². The van der Waals surface area contributed by atoms with Gasteiger partial charge >= 0.3 is 0 Å². The summed E-state index contributed by atoms with van der Waals surface area (Å²) in [5, 5.41) is 9.45. The van der Waals surface area contributed by atoms with Gasteiger partial charge in [-0.05, 0) is 49.4 Å². The molecule has 2 aromatic carbocycles. The summed E-state index contributed by atoms with van der Waals surface area (Å²) in [5.41, 5.74) is 1.24. The van der Waals surface area contributed by atoms with Crippen molar-refractivity contribution in [2.75, 3.05) is 11.9 Å². The van der Waals surface area contributed by atoms with E-state index in [1.807, 2.05) is 0 Å². The van der Waals surface area contributed by atoms with Crippen molar-refractivity contribution in [2.24, 2.45) is 0 Å². The van der Waals surface area contributed by atoms with Crippen LogP contribution in [-0.4, -0.2) is 36.1 Å². The van der Waals surface area contributed by atoms with E-state index in [4.69, 9.17) is 0 Å². The lowest BCUT2D eigenvalue weighted by Crippen LogP contribution is -2.25. The third kappa shape index (κ3) is 4.73. The molecule has 3 rings (SSSR count). The highest BCUT2D eigenvalue weighted by Gasteiger charge is 2.20. The predicted octanol–water partition coefficient (Wildman–Crippen LogP) is 2.64. The van der Waals surface area contributed by atoms with E-state index in [0.717, 1.165) is 17.7 Å². The summed E-state index contributed by atoms with van der Waals surface area (Å²) in [5.74, 6) is -0.321. The number of H-pyrrole nitrogens is 1. The first-order valence-electron chi connectivity index (χ1n) is 8.51. The topological polar surface area (TPSA) is 117 Å². The van der Waals surface area contributed by atoms with Crippen LogP contribution in [0.4, 0.5) is 10.1 Å². The lowest BCUT2D eigenvalue weighted by molar-refractivity contribution is 0.102. The predicted molar refractivity (Wildman–Crippen MR) is 106 cm³/mol. The second-order valence-corrected chi connectivity index (χ2v) is 7.80. The third-order valence-electron chi connectivity index (χ3n) is 3.90. The number of nitrogens with zero attached hydrogens (tertiary/aromatic N) is 2. The molecular formula is C19H18FN5O3S. The molecule has 8 nitrogen and oxygen atoms in total. The summed E-state index contributed by atoms with van der Waals surface area (Å²) >= 11 is 0. The number of benzene rings is 2. The molecule has 0 atom stereocenters. The molecule has 0 bridgehead atoms. The fraction of sp³-hybridized carbons (Fsp3) is 0.105. The monoisotopic (exact) mass is 415 g/mol. The highest BCUT2D eigenvalue weighted by Crippen LogP contribution is 2.20. The Morgan fingerprint density at radius 3 is 2.59 bits per heavy atom. The summed E-state index contributed by atoms with van der Waals surface area (Å²) in [6, 6.07) is 9.92. The fourth-order valence-corrected chi connectivity index (χ4v) is 3.57. The van der Waals surface area contributed by atoms with Crippen molar-refractivity contribution in [1.29, 1.82) is 0 Å². The zero-order valence-electron chi connectivity index (χ0n) is 15.4. The SMILES string of the molecule is C=CCNS(=O)(=O)c1cc(C(=O)Nc2ccc(-c3n[nH]c(C)n3)cc2)ccc1F. The number of aromatic nitrogens is 3. The molecule has 1 aromatic heterocycles. The van der Waals surface area contributed by atoms with Gasteiger partial charge in [0.25, 0.3) is 5.91 Å². The van der Waals surface area contributed by atoms with Crippen LogP contribution >= 0.6 is 0 Å². The molecule has 0 spiro atoms. The largest absolute Gasteiger partial charge is 0.322 e. The lowest BCUT2D eigenvalue weighted by atomic mass is 10.1. The summed E-state index contributed by atoms with van der Waals surface area (Å²) < 4.78 is 40.5. The normalized spacial score (nSPS) is 11.2. The van der Waals surface area contributed by atoms with Gasteiger partial charge in [-0.25, -0.2) is 22.5 Å². The Hall–Kier alpha value is -3.37. The van der Waals surface area contributed by atoms with Gasteiger partial charge in [0.1, 0.15) is 16.5 Å². The first kappa shape index (κ1) is 20.4. The van der Waals surface area contributed by atoms with Gasteiger partial charge in [0, 0.05) is 23.4 Å². The van der Waals surface area contributed by atoms with Gasteiger partial charge in [0.2, 0.25) is 10.0 Å². The van der Waals surface area contributed by atoms with E-state index in [-0.39, 0.29) is 12.1 Å². The number of aryl methyl sites for hydroxylation is 1. The van der Waals surface area contributed by atoms with Crippen LogP contribution in [-0.2, 0) is 10.0 Å². The van der Waals surface area contributed by atoms with Crippen LogP contribution < -0.4 is 10.0 Å². The average Bonchev–Trinajstić information content (AvgIpc) is 3.13. The minimum atomic E-state index is -4.11. The second kappa shape index (κ2) is 8.33. The number of hydrogen-bond donors (Lipinski definition) is 3. The van der Waals surface area contributed by atoms with Gasteiger partial charge in [-0.1, -0.05) is 6.08 Å². The maximum Gasteiger partial charge on any atom is 0.255 e. The first-order valence-corrected chi connectivity index (χ1v) is 9.99. The Kier molecular flexibility index (Phi) is 5.85. The molecule has 1 heterocycles. The first-order chi connectivity index (χ1) is 13.8. The Morgan fingerprint density at radius 2 is 1.97 bits per heavy atom. The molecule has 0 aliphatic carbocycles. The maximum absolute atomic E-state index is 14.0. The molecule has 0 saturated carbocycles. The molecule has 150 valence electrons. The molecule has 0 unspecified atom stereocenters. The van der Waals surface area contributed by atoms with Crippen molar-refractivity contribution in [3.63, 3.8) is 0 Å². The van der Waals surface area contributed by atoms with Crippen LogP contribution in [0.2, 0.25) is 0 Å². The number of rotatable bonds is 7. The van der Waals surface area contributed by atoms with Crippen molar-refractivity contribution in [1.82, 2.24) is 19.9 Å². The van der Waals surface area contributed by atoms with Crippen LogP contribution in [0.25, 0.3) is 11.4 Å². The minimum absolute atomic E-state index is 0.000882. The van der Waals surface area contributed by atoms with Crippen molar-refractivity contribution >= 4 is 21.6 Å². The standard InChI is InChI=1S/C19H18FN5O3S/c1-3-10-21-29(27,28)17-11-14(6-9-16(17)20)19(26)23-15-7-4-13(5-8-15)18-22-12(2)24-25-18/h3-9,11,21H,1,10H2,2H3,(H,23,26)(H,22,24,25). The van der Waals surface area contributed by atoms with Crippen LogP contribution in [0.1, 0.15) is 16.2 Å². The number of nitrogens with one attached hydrogen (secondary N) is 3. The molecule has 29 heavy (non-hydrogen) atoms. The number of aromatic amines is 1. The van der Waals surface area contributed by atoms with Crippen molar-refractivity contribution in [2.45, 2.75) is 11.8 Å². The molecule has 0 fully saturated rings. The van der Waals surface area contributed by atoms with Gasteiger partial charge < -0.3 is 5.32 Å². The molecule has 1 amide bonds. The van der Waals surface area contributed by atoms with E-state index in [2.05, 4.69) is 31.8 Å². The molecule has 10 heteroatoms. The maximum atomic E-state index is 14.0. The van der Waals surface area contributed by atoms with E-state index in [1.165, 1.54) is 12.1 Å². The summed E-state index contributed by atoms with van der Waals surface area (Å²) in [7, 11) is -4.11. The summed E-state index contributed by atoms with van der Waals surface area (Å²) in [6.45, 7) is 5.13. The lowest BCUT2D eigenvalue weighted by Gasteiger charge is -2.09. The molecule has 0 aliphatic heterocycles. The molecule has 3 N–H and O–H groups in total. The van der Waals surface area contributed by atoms with Crippen molar-refractivity contribution in [3.8, 4) is 11.4 Å². The second-order valence-electron chi connectivity index (χ2n) is 6.06. The van der Waals surface area contributed by atoms with E-state index >= 15 is 0 Å². The zero-order valence-corrected chi connectivity index (χ0v) is 16.3. The van der Waals surface area contributed by atoms with Crippen molar-refractivity contribution in [3.05, 3.63) is 72.3 Å². The summed E-state index contributed by atoms with van der Waals surface area (Å²) in [6.07, 6.45) is 1.33. The van der Waals surface area contributed by atoms with E-state index in [0.29, 0.717) is 17.3 Å². The fourth-order valence-electron chi connectivity index (χ4n) is 2.47. The number of amides is 1. The number of halogens is 1. The molecule has 3 aromatic rings. The van der Waals surface area contributed by atoms with E-state index in [1.54, 1.807) is 31.2 Å². The smallest absolute Gasteiger partial charge is 0.255 e. The summed E-state index contributed by atoms with van der Waals surface area (Å²) in [4.78, 5) is 16.1. The molecule has 0 radical (unpaired) electrons. The Morgan fingerprint density at radius 1 is 1.24 bits per heavy atom. The van der Waals surface area contributed by atoms with Crippen LogP contribution in [0, 0.1) is 12.7 Å². The van der Waals surface area contributed by atoms with Crippen molar-refractivity contribution < 1.29 is 17.6 Å². The molecule has 0 aliphatic rings. The van der Waals surface area contributed by atoms with Gasteiger partial charge in [0.05, 0.1) is 0 Å². The van der Waals surface area contributed by atoms with E-state index in [9.17, 15) is 17.6 Å². The number of sulfonamides is 1. The van der Waals surface area contributed by atoms with Crippen LogP contribution in [0.15, 0.2) is 60.0 Å². The van der Waals surface area contributed by atoms with Crippen LogP contribution in [0.3, 0.4) is 0 Å². The quantitative estimate of drug-likeness (QED) is 0.513. The average molecular weight is 415 g/mol. The minimum Gasteiger partial charge on any atom is -0.322 e. The van der Waals surface area contributed by atoms with E-state index < -0.39 is 26.6 Å². The molecule has 0 saturated heterocycles. The number of carbonyl (C=O) groups is 1. The Balaban J connectivity index is 1.79. The van der Waals surface area contributed by atoms with Gasteiger partial charge in [-0.2, -0.15) is 5.10 Å². The Labute approximate surface area is 166 Å². The van der Waals surface area contributed by atoms with Gasteiger partial charge in [-0.3, -0.25) is 9.89 Å². The zero-order chi connectivity index (χ0) is 21.0.